The molecule has 1 aromatic rings. The number of rotatable bonds is 3. The van der Waals surface area contributed by atoms with Crippen molar-refractivity contribution in [2.75, 3.05) is 7.11 Å². The Balaban J connectivity index is 2.19. The average molecular weight is 178 g/mol. The van der Waals surface area contributed by atoms with E-state index in [-0.39, 0.29) is 0 Å². The van der Waals surface area contributed by atoms with E-state index in [4.69, 9.17) is 4.74 Å². The van der Waals surface area contributed by atoms with Crippen molar-refractivity contribution < 1.29 is 9.84 Å². The fourth-order valence-corrected chi connectivity index (χ4v) is 1.49. The van der Waals surface area contributed by atoms with Crippen molar-refractivity contribution in [3.8, 4) is 11.5 Å². The topological polar surface area (TPSA) is 29.5 Å². The van der Waals surface area contributed by atoms with Crippen LogP contribution in [-0.2, 0) is 6.42 Å². The summed E-state index contributed by atoms with van der Waals surface area (Å²) in [5.74, 6) is 2.01. The van der Waals surface area contributed by atoms with Crippen molar-refractivity contribution in [3.05, 3.63) is 23.8 Å². The minimum Gasteiger partial charge on any atom is -0.508 e. The number of hydrogen-bond acceptors (Lipinski definition) is 2. The highest BCUT2D eigenvalue weighted by atomic mass is 16.5. The van der Waals surface area contributed by atoms with Gasteiger partial charge in [0.25, 0.3) is 0 Å². The second-order valence-electron chi connectivity index (χ2n) is 3.64. The van der Waals surface area contributed by atoms with E-state index in [1.165, 1.54) is 12.8 Å². The van der Waals surface area contributed by atoms with E-state index in [1.807, 2.05) is 6.07 Å². The lowest BCUT2D eigenvalue weighted by Crippen LogP contribution is -1.90. The first-order chi connectivity index (χ1) is 6.29. The van der Waals surface area contributed by atoms with Crippen molar-refractivity contribution in [2.45, 2.75) is 19.3 Å². The van der Waals surface area contributed by atoms with Crippen molar-refractivity contribution in [1.82, 2.24) is 0 Å². The highest BCUT2D eigenvalue weighted by molar-refractivity contribution is 5.39. The van der Waals surface area contributed by atoms with Crippen LogP contribution in [0.2, 0.25) is 0 Å². The van der Waals surface area contributed by atoms with Gasteiger partial charge in [0.1, 0.15) is 11.5 Å². The molecule has 1 aliphatic rings. The van der Waals surface area contributed by atoms with Crippen LogP contribution in [0.1, 0.15) is 18.4 Å². The molecule has 2 rings (SSSR count). The van der Waals surface area contributed by atoms with Crippen molar-refractivity contribution in [1.29, 1.82) is 0 Å². The predicted octanol–water partition coefficient (Wildman–Crippen LogP) is 2.35. The second-order valence-corrected chi connectivity index (χ2v) is 3.64. The molecule has 1 saturated carbocycles. The Labute approximate surface area is 78.2 Å². The maximum Gasteiger partial charge on any atom is 0.119 e. The van der Waals surface area contributed by atoms with E-state index in [0.29, 0.717) is 5.75 Å². The fourth-order valence-electron chi connectivity index (χ4n) is 1.49. The average Bonchev–Trinajstić information content (AvgIpc) is 2.93. The van der Waals surface area contributed by atoms with Gasteiger partial charge in [0.15, 0.2) is 0 Å². The summed E-state index contributed by atoms with van der Waals surface area (Å²) in [7, 11) is 1.65. The smallest absolute Gasteiger partial charge is 0.119 e. The summed E-state index contributed by atoms with van der Waals surface area (Å²) in [6, 6.07) is 5.41. The Hall–Kier alpha value is -1.18. The Morgan fingerprint density at radius 2 is 2.23 bits per heavy atom. The molecule has 2 nitrogen and oxygen atoms in total. The minimum atomic E-state index is 0.396. The van der Waals surface area contributed by atoms with Gasteiger partial charge in [-0.3, -0.25) is 0 Å². The number of phenols is 1. The molecule has 2 heteroatoms. The van der Waals surface area contributed by atoms with E-state index in [9.17, 15) is 5.11 Å². The third-order valence-electron chi connectivity index (χ3n) is 2.49. The first-order valence-electron chi connectivity index (χ1n) is 4.65. The summed E-state index contributed by atoms with van der Waals surface area (Å²) in [4.78, 5) is 0. The van der Waals surface area contributed by atoms with Gasteiger partial charge in [-0.05, 0) is 48.9 Å². The number of aromatic hydroxyl groups is 1. The Morgan fingerprint density at radius 3 is 2.85 bits per heavy atom. The van der Waals surface area contributed by atoms with Crippen molar-refractivity contribution in [2.24, 2.45) is 5.92 Å². The normalized spacial score (nSPS) is 15.8. The summed E-state index contributed by atoms with van der Waals surface area (Å²) in [6.45, 7) is 0. The Bertz CT molecular complexity index is 303. The van der Waals surface area contributed by atoms with Gasteiger partial charge in [0.2, 0.25) is 0 Å². The molecule has 0 heterocycles. The third-order valence-corrected chi connectivity index (χ3v) is 2.49. The molecule has 0 amide bonds. The quantitative estimate of drug-likeness (QED) is 0.769. The second kappa shape index (κ2) is 3.29. The molecule has 70 valence electrons. The van der Waals surface area contributed by atoms with Gasteiger partial charge < -0.3 is 9.84 Å². The van der Waals surface area contributed by atoms with Crippen molar-refractivity contribution in [3.63, 3.8) is 0 Å². The molecule has 13 heavy (non-hydrogen) atoms. The summed E-state index contributed by atoms with van der Waals surface area (Å²) in [6.07, 6.45) is 3.59. The molecule has 1 N–H and O–H groups in total. The number of benzene rings is 1. The van der Waals surface area contributed by atoms with Gasteiger partial charge in [0.05, 0.1) is 7.11 Å². The molecule has 1 fully saturated rings. The number of phenolic OH excluding ortho intramolecular Hbond substituents is 1. The van der Waals surface area contributed by atoms with Gasteiger partial charge in [-0.25, -0.2) is 0 Å². The molecule has 1 aliphatic carbocycles. The first-order valence-corrected chi connectivity index (χ1v) is 4.65. The van der Waals surface area contributed by atoms with Crippen LogP contribution in [0.15, 0.2) is 18.2 Å². The van der Waals surface area contributed by atoms with Crippen LogP contribution in [0.4, 0.5) is 0 Å². The minimum absolute atomic E-state index is 0.396. The summed E-state index contributed by atoms with van der Waals surface area (Å²) in [5, 5.41) is 9.55. The zero-order valence-corrected chi connectivity index (χ0v) is 7.79. The lowest BCUT2D eigenvalue weighted by Gasteiger charge is -2.05. The SMILES string of the molecule is COc1ccc(O)c(CC2CC2)c1. The van der Waals surface area contributed by atoms with Crippen LogP contribution < -0.4 is 4.74 Å². The lowest BCUT2D eigenvalue weighted by molar-refractivity contribution is 0.410. The van der Waals surface area contributed by atoms with Gasteiger partial charge in [-0.1, -0.05) is 0 Å². The number of ether oxygens (including phenoxy) is 1. The zero-order valence-electron chi connectivity index (χ0n) is 7.79. The summed E-state index contributed by atoms with van der Waals surface area (Å²) >= 11 is 0. The predicted molar refractivity (Wildman–Crippen MR) is 51.1 cm³/mol. The third kappa shape index (κ3) is 1.94. The van der Waals surface area contributed by atoms with Gasteiger partial charge in [0, 0.05) is 0 Å². The number of methoxy groups -OCH3 is 1. The van der Waals surface area contributed by atoms with E-state index in [2.05, 4.69) is 0 Å². The van der Waals surface area contributed by atoms with Crippen LogP contribution >= 0.6 is 0 Å². The van der Waals surface area contributed by atoms with Crippen LogP contribution in [0, 0.1) is 5.92 Å². The molecule has 0 spiro atoms. The molecule has 0 aromatic heterocycles. The molecular weight excluding hydrogens is 164 g/mol. The van der Waals surface area contributed by atoms with Gasteiger partial charge >= 0.3 is 0 Å². The van der Waals surface area contributed by atoms with E-state index in [0.717, 1.165) is 23.7 Å². The molecule has 0 aliphatic heterocycles. The van der Waals surface area contributed by atoms with E-state index >= 15 is 0 Å². The molecule has 0 saturated heterocycles. The van der Waals surface area contributed by atoms with Crippen LogP contribution in [-0.4, -0.2) is 12.2 Å². The summed E-state index contributed by atoms with van der Waals surface area (Å²) in [5.41, 5.74) is 1.02. The van der Waals surface area contributed by atoms with Gasteiger partial charge in [-0.15, -0.1) is 0 Å². The summed E-state index contributed by atoms with van der Waals surface area (Å²) < 4.78 is 5.10. The molecule has 0 radical (unpaired) electrons. The highest BCUT2D eigenvalue weighted by Crippen LogP contribution is 2.35. The van der Waals surface area contributed by atoms with Crippen LogP contribution in [0.25, 0.3) is 0 Å². The van der Waals surface area contributed by atoms with E-state index < -0.39 is 0 Å². The Kier molecular flexibility index (Phi) is 2.13. The molecular formula is C11H14O2. The zero-order chi connectivity index (χ0) is 9.26. The van der Waals surface area contributed by atoms with Crippen LogP contribution in [0.3, 0.4) is 0 Å². The first kappa shape index (κ1) is 8.42. The monoisotopic (exact) mass is 178 g/mol. The van der Waals surface area contributed by atoms with Crippen molar-refractivity contribution >= 4 is 0 Å². The molecule has 0 unspecified atom stereocenters. The largest absolute Gasteiger partial charge is 0.508 e. The molecule has 0 bridgehead atoms. The highest BCUT2D eigenvalue weighted by Gasteiger charge is 2.22. The fraction of sp³-hybridized carbons (Fsp3) is 0.455. The van der Waals surface area contributed by atoms with Crippen LogP contribution in [0.5, 0.6) is 11.5 Å². The lowest BCUT2D eigenvalue weighted by atomic mass is 10.1. The Morgan fingerprint density at radius 1 is 1.46 bits per heavy atom. The standard InChI is InChI=1S/C11H14O2/c1-13-10-4-5-11(12)9(7-10)6-8-2-3-8/h4-5,7-8,12H,2-3,6H2,1H3. The maximum atomic E-state index is 9.55. The number of hydrogen-bond donors (Lipinski definition) is 1. The molecule has 1 aromatic carbocycles. The maximum absolute atomic E-state index is 9.55. The molecule has 0 atom stereocenters. The van der Waals surface area contributed by atoms with Gasteiger partial charge in [-0.2, -0.15) is 0 Å². The van der Waals surface area contributed by atoms with E-state index in [1.54, 1.807) is 19.2 Å².